The lowest BCUT2D eigenvalue weighted by atomic mass is 10.2. The van der Waals surface area contributed by atoms with Crippen molar-refractivity contribution in [1.82, 2.24) is 4.98 Å². The molecule has 0 fully saturated rings. The smallest absolute Gasteiger partial charge is 0.266 e. The summed E-state index contributed by atoms with van der Waals surface area (Å²) in [4.78, 5) is 23.1. The molecule has 0 atom stereocenters. The van der Waals surface area contributed by atoms with E-state index in [0.717, 1.165) is 6.07 Å². The standard InChI is InChI=1S/C7H4F2INO2/c8-7(9)6-3(10)1-5(13)11-4(6)2-12/h1-2,7H,(H,11,13). The summed E-state index contributed by atoms with van der Waals surface area (Å²) >= 11 is 1.59. The Morgan fingerprint density at radius 1 is 1.54 bits per heavy atom. The van der Waals surface area contributed by atoms with Crippen LogP contribution in [-0.2, 0) is 0 Å². The number of H-pyrrole nitrogens is 1. The number of hydrogen-bond acceptors (Lipinski definition) is 2. The highest BCUT2D eigenvalue weighted by molar-refractivity contribution is 14.1. The lowest BCUT2D eigenvalue weighted by molar-refractivity contribution is 0.110. The summed E-state index contributed by atoms with van der Waals surface area (Å²) < 4.78 is 24.7. The van der Waals surface area contributed by atoms with Crippen molar-refractivity contribution < 1.29 is 13.6 Å². The van der Waals surface area contributed by atoms with E-state index in [1.165, 1.54) is 0 Å². The van der Waals surface area contributed by atoms with Gasteiger partial charge in [0, 0.05) is 9.64 Å². The number of carbonyl (C=O) groups excluding carboxylic acids is 1. The summed E-state index contributed by atoms with van der Waals surface area (Å²) in [5.41, 5.74) is -1.34. The maximum Gasteiger partial charge on any atom is 0.266 e. The molecular formula is C7H4F2INO2. The minimum Gasteiger partial charge on any atom is -0.319 e. The van der Waals surface area contributed by atoms with E-state index >= 15 is 0 Å². The van der Waals surface area contributed by atoms with Crippen LogP contribution < -0.4 is 5.56 Å². The van der Waals surface area contributed by atoms with Gasteiger partial charge in [0.1, 0.15) is 0 Å². The molecule has 0 bridgehead atoms. The van der Waals surface area contributed by atoms with Gasteiger partial charge in [0.25, 0.3) is 6.43 Å². The van der Waals surface area contributed by atoms with Crippen LogP contribution in [0.3, 0.4) is 0 Å². The molecule has 0 saturated heterocycles. The van der Waals surface area contributed by atoms with Crippen LogP contribution in [0.4, 0.5) is 8.78 Å². The number of carbonyl (C=O) groups is 1. The molecule has 0 aliphatic heterocycles. The van der Waals surface area contributed by atoms with E-state index in [1.807, 2.05) is 4.98 Å². The molecule has 13 heavy (non-hydrogen) atoms. The monoisotopic (exact) mass is 299 g/mol. The first-order chi connectivity index (χ1) is 6.06. The summed E-state index contributed by atoms with van der Waals surface area (Å²) in [5, 5.41) is 0. The van der Waals surface area contributed by atoms with Crippen molar-refractivity contribution in [2.75, 3.05) is 0 Å². The second kappa shape index (κ2) is 3.95. The van der Waals surface area contributed by atoms with Crippen LogP contribution in [0.15, 0.2) is 10.9 Å². The van der Waals surface area contributed by atoms with Gasteiger partial charge in [-0.05, 0) is 22.6 Å². The average Bonchev–Trinajstić information content (AvgIpc) is 2.01. The van der Waals surface area contributed by atoms with Gasteiger partial charge in [-0.3, -0.25) is 9.59 Å². The van der Waals surface area contributed by atoms with E-state index in [-0.39, 0.29) is 15.6 Å². The Bertz CT molecular complexity index is 389. The molecule has 0 aliphatic carbocycles. The summed E-state index contributed by atoms with van der Waals surface area (Å²) in [6.45, 7) is 0. The summed E-state index contributed by atoms with van der Waals surface area (Å²) in [7, 11) is 0. The molecule has 6 heteroatoms. The van der Waals surface area contributed by atoms with E-state index < -0.39 is 17.5 Å². The van der Waals surface area contributed by atoms with Gasteiger partial charge in [-0.15, -0.1) is 0 Å². The summed E-state index contributed by atoms with van der Waals surface area (Å²) in [6.07, 6.45) is -2.55. The van der Waals surface area contributed by atoms with Crippen molar-refractivity contribution in [2.24, 2.45) is 0 Å². The van der Waals surface area contributed by atoms with Crippen LogP contribution in [0.1, 0.15) is 22.5 Å². The number of alkyl halides is 2. The second-order valence-electron chi connectivity index (χ2n) is 2.23. The number of halogens is 3. The Balaban J connectivity index is 3.47. The maximum atomic E-state index is 12.3. The molecule has 1 aromatic rings. The summed E-state index contributed by atoms with van der Waals surface area (Å²) in [6, 6.07) is 1.02. The molecule has 3 nitrogen and oxygen atoms in total. The molecule has 1 aromatic heterocycles. The first-order valence-electron chi connectivity index (χ1n) is 3.22. The highest BCUT2D eigenvalue weighted by atomic mass is 127. The Morgan fingerprint density at radius 2 is 2.15 bits per heavy atom. The first-order valence-corrected chi connectivity index (χ1v) is 4.30. The van der Waals surface area contributed by atoms with Crippen molar-refractivity contribution >= 4 is 28.9 Å². The fraction of sp³-hybridized carbons (Fsp3) is 0.143. The fourth-order valence-corrected chi connectivity index (χ4v) is 1.68. The molecular weight excluding hydrogens is 295 g/mol. The van der Waals surface area contributed by atoms with Crippen LogP contribution in [0.5, 0.6) is 0 Å². The van der Waals surface area contributed by atoms with Crippen LogP contribution >= 0.6 is 22.6 Å². The van der Waals surface area contributed by atoms with Gasteiger partial charge in [-0.25, -0.2) is 8.78 Å². The number of nitrogens with one attached hydrogen (secondary N) is 1. The minimum atomic E-state index is -2.76. The van der Waals surface area contributed by atoms with E-state index in [4.69, 9.17) is 0 Å². The molecule has 0 aromatic carbocycles. The molecule has 0 radical (unpaired) electrons. The third kappa shape index (κ3) is 2.11. The Kier molecular flexibility index (Phi) is 3.12. The minimum absolute atomic E-state index is 0.0958. The second-order valence-corrected chi connectivity index (χ2v) is 3.39. The number of aromatic nitrogens is 1. The van der Waals surface area contributed by atoms with Crippen molar-refractivity contribution in [3.8, 4) is 0 Å². The van der Waals surface area contributed by atoms with Crippen molar-refractivity contribution in [3.63, 3.8) is 0 Å². The molecule has 0 saturated carbocycles. The molecule has 0 spiro atoms. The van der Waals surface area contributed by atoms with E-state index in [2.05, 4.69) is 0 Å². The molecule has 0 unspecified atom stereocenters. The zero-order valence-electron chi connectivity index (χ0n) is 6.18. The molecule has 1 rings (SSSR count). The first kappa shape index (κ1) is 10.3. The van der Waals surface area contributed by atoms with Crippen LogP contribution in [-0.4, -0.2) is 11.3 Å². The number of aromatic amines is 1. The van der Waals surface area contributed by atoms with E-state index in [9.17, 15) is 18.4 Å². The number of pyridine rings is 1. The summed E-state index contributed by atoms with van der Waals surface area (Å²) in [5.74, 6) is 0. The van der Waals surface area contributed by atoms with Gasteiger partial charge in [0.2, 0.25) is 5.56 Å². The SMILES string of the molecule is O=Cc1[nH]c(=O)cc(I)c1C(F)F. The van der Waals surface area contributed by atoms with Gasteiger partial charge >= 0.3 is 0 Å². The van der Waals surface area contributed by atoms with Gasteiger partial charge in [-0.1, -0.05) is 0 Å². The predicted octanol–water partition coefficient (Wildman–Crippen LogP) is 1.73. The Labute approximate surface area is 85.3 Å². The number of rotatable bonds is 2. The highest BCUT2D eigenvalue weighted by Gasteiger charge is 2.17. The lowest BCUT2D eigenvalue weighted by Gasteiger charge is -2.04. The maximum absolute atomic E-state index is 12.3. The van der Waals surface area contributed by atoms with Gasteiger partial charge in [-0.2, -0.15) is 0 Å². The lowest BCUT2D eigenvalue weighted by Crippen LogP contribution is -2.12. The van der Waals surface area contributed by atoms with Crippen molar-refractivity contribution in [3.05, 3.63) is 31.2 Å². The molecule has 1 N–H and O–H groups in total. The molecule has 0 amide bonds. The fourth-order valence-electron chi connectivity index (χ4n) is 0.872. The van der Waals surface area contributed by atoms with Gasteiger partial charge in [0.15, 0.2) is 6.29 Å². The highest BCUT2D eigenvalue weighted by Crippen LogP contribution is 2.24. The largest absolute Gasteiger partial charge is 0.319 e. The third-order valence-electron chi connectivity index (χ3n) is 1.40. The average molecular weight is 299 g/mol. The predicted molar refractivity (Wildman–Crippen MR) is 50.1 cm³/mol. The normalized spacial score (nSPS) is 10.5. The number of hydrogen-bond donors (Lipinski definition) is 1. The van der Waals surface area contributed by atoms with Gasteiger partial charge < -0.3 is 4.98 Å². The quantitative estimate of drug-likeness (QED) is 0.668. The third-order valence-corrected chi connectivity index (χ3v) is 2.29. The topological polar surface area (TPSA) is 49.9 Å². The van der Waals surface area contributed by atoms with E-state index in [1.54, 1.807) is 22.6 Å². The molecule has 0 aliphatic rings. The van der Waals surface area contributed by atoms with E-state index in [0.29, 0.717) is 0 Å². The van der Waals surface area contributed by atoms with Crippen LogP contribution in [0.2, 0.25) is 0 Å². The van der Waals surface area contributed by atoms with Crippen molar-refractivity contribution in [1.29, 1.82) is 0 Å². The zero-order valence-corrected chi connectivity index (χ0v) is 8.34. The molecule has 70 valence electrons. The van der Waals surface area contributed by atoms with Crippen LogP contribution in [0, 0.1) is 3.57 Å². The zero-order chi connectivity index (χ0) is 10.0. The van der Waals surface area contributed by atoms with Crippen LogP contribution in [0.25, 0.3) is 0 Å². The molecule has 1 heterocycles. The Morgan fingerprint density at radius 3 is 2.62 bits per heavy atom. The number of aldehydes is 1. The van der Waals surface area contributed by atoms with Gasteiger partial charge in [0.05, 0.1) is 11.3 Å². The van der Waals surface area contributed by atoms with Crippen molar-refractivity contribution in [2.45, 2.75) is 6.43 Å². The Hall–Kier alpha value is -0.790.